The monoisotopic (exact) mass is 220 g/mol. The number of hydrogen-bond donors (Lipinski definition) is 1. The smallest absolute Gasteiger partial charge is 0.170 e. The van der Waals surface area contributed by atoms with Gasteiger partial charge in [0.25, 0.3) is 0 Å². The van der Waals surface area contributed by atoms with E-state index in [2.05, 4.69) is 10.2 Å². The molecular formula is C11H9ClN2O. The molecule has 1 aromatic heterocycles. The molecule has 0 saturated carbocycles. The molecule has 0 saturated heterocycles. The minimum atomic E-state index is 0.0473. The van der Waals surface area contributed by atoms with E-state index in [1.165, 1.54) is 6.20 Å². The van der Waals surface area contributed by atoms with Crippen LogP contribution in [-0.4, -0.2) is 16.0 Å². The van der Waals surface area contributed by atoms with E-state index in [-0.39, 0.29) is 5.78 Å². The van der Waals surface area contributed by atoms with Crippen molar-refractivity contribution in [1.29, 1.82) is 0 Å². The molecule has 0 aliphatic rings. The van der Waals surface area contributed by atoms with Gasteiger partial charge in [-0.05, 0) is 17.7 Å². The second kappa shape index (κ2) is 4.28. The molecule has 2 rings (SSSR count). The molecular weight excluding hydrogens is 212 g/mol. The summed E-state index contributed by atoms with van der Waals surface area (Å²) in [6, 6.07) is 7.25. The van der Waals surface area contributed by atoms with Crippen molar-refractivity contribution in [3.63, 3.8) is 0 Å². The molecule has 1 heterocycles. The van der Waals surface area contributed by atoms with E-state index >= 15 is 0 Å². The van der Waals surface area contributed by atoms with E-state index < -0.39 is 0 Å². The average molecular weight is 221 g/mol. The lowest BCUT2D eigenvalue weighted by Gasteiger charge is -1.98. The van der Waals surface area contributed by atoms with Crippen molar-refractivity contribution in [1.82, 2.24) is 10.2 Å². The van der Waals surface area contributed by atoms with Crippen molar-refractivity contribution < 1.29 is 4.79 Å². The fraction of sp³-hybridized carbons (Fsp3) is 0.0909. The summed E-state index contributed by atoms with van der Waals surface area (Å²) in [7, 11) is 0. The van der Waals surface area contributed by atoms with Crippen LogP contribution in [0.2, 0.25) is 5.02 Å². The van der Waals surface area contributed by atoms with Gasteiger partial charge in [0.1, 0.15) is 0 Å². The fourth-order valence-corrected chi connectivity index (χ4v) is 1.42. The van der Waals surface area contributed by atoms with Gasteiger partial charge >= 0.3 is 0 Å². The summed E-state index contributed by atoms with van der Waals surface area (Å²) in [6.45, 7) is 0. The molecule has 0 aliphatic carbocycles. The minimum absolute atomic E-state index is 0.0473. The van der Waals surface area contributed by atoms with Gasteiger partial charge in [-0.25, -0.2) is 0 Å². The Labute approximate surface area is 92.1 Å². The first-order valence-electron chi connectivity index (χ1n) is 4.52. The second-order valence-corrected chi connectivity index (χ2v) is 3.65. The van der Waals surface area contributed by atoms with Gasteiger partial charge in [0, 0.05) is 17.6 Å². The molecule has 0 amide bonds. The number of aromatic nitrogens is 2. The number of halogens is 1. The van der Waals surface area contributed by atoms with E-state index in [9.17, 15) is 4.79 Å². The SMILES string of the molecule is O=C(Cc1ccc(Cl)cc1)c1cn[nH]c1. The van der Waals surface area contributed by atoms with Crippen LogP contribution >= 0.6 is 11.6 Å². The van der Waals surface area contributed by atoms with Crippen LogP contribution in [0.4, 0.5) is 0 Å². The highest BCUT2D eigenvalue weighted by Crippen LogP contribution is 2.11. The van der Waals surface area contributed by atoms with Crippen LogP contribution in [0, 0.1) is 0 Å². The van der Waals surface area contributed by atoms with Gasteiger partial charge in [-0.1, -0.05) is 23.7 Å². The van der Waals surface area contributed by atoms with E-state index in [1.54, 1.807) is 18.3 Å². The highest BCUT2D eigenvalue weighted by molar-refractivity contribution is 6.30. The van der Waals surface area contributed by atoms with E-state index in [1.807, 2.05) is 12.1 Å². The van der Waals surface area contributed by atoms with E-state index in [0.29, 0.717) is 17.0 Å². The molecule has 0 aliphatic heterocycles. The van der Waals surface area contributed by atoms with Crippen molar-refractivity contribution in [2.45, 2.75) is 6.42 Å². The minimum Gasteiger partial charge on any atom is -0.294 e. The van der Waals surface area contributed by atoms with Crippen LogP contribution < -0.4 is 0 Å². The van der Waals surface area contributed by atoms with Gasteiger partial charge in [-0.15, -0.1) is 0 Å². The number of H-pyrrole nitrogens is 1. The first-order valence-corrected chi connectivity index (χ1v) is 4.90. The molecule has 4 heteroatoms. The summed E-state index contributed by atoms with van der Waals surface area (Å²) in [5, 5.41) is 7.02. The van der Waals surface area contributed by atoms with Crippen molar-refractivity contribution in [2.24, 2.45) is 0 Å². The Bertz CT molecular complexity index is 448. The summed E-state index contributed by atoms with van der Waals surface area (Å²) in [6.07, 6.45) is 3.49. The second-order valence-electron chi connectivity index (χ2n) is 3.21. The summed E-state index contributed by atoms with van der Waals surface area (Å²) >= 11 is 5.75. The largest absolute Gasteiger partial charge is 0.294 e. The maximum atomic E-state index is 11.7. The van der Waals surface area contributed by atoms with Gasteiger partial charge in [-0.3, -0.25) is 9.89 Å². The number of ketones is 1. The van der Waals surface area contributed by atoms with Gasteiger partial charge in [0.05, 0.1) is 11.8 Å². The Morgan fingerprint density at radius 2 is 2.07 bits per heavy atom. The molecule has 0 unspecified atom stereocenters. The first-order chi connectivity index (χ1) is 7.25. The Hall–Kier alpha value is -1.61. The Morgan fingerprint density at radius 3 is 2.67 bits per heavy atom. The quantitative estimate of drug-likeness (QED) is 0.808. The van der Waals surface area contributed by atoms with Crippen LogP contribution in [0.15, 0.2) is 36.7 Å². The van der Waals surface area contributed by atoms with Crippen molar-refractivity contribution in [3.8, 4) is 0 Å². The molecule has 1 aromatic carbocycles. The standard InChI is InChI=1S/C11H9ClN2O/c12-10-3-1-8(2-4-10)5-11(15)9-6-13-14-7-9/h1-4,6-7H,5H2,(H,13,14). The van der Waals surface area contributed by atoms with Crippen LogP contribution in [-0.2, 0) is 6.42 Å². The fourth-order valence-electron chi connectivity index (χ4n) is 1.29. The number of nitrogens with one attached hydrogen (secondary N) is 1. The molecule has 15 heavy (non-hydrogen) atoms. The maximum absolute atomic E-state index is 11.7. The molecule has 0 spiro atoms. The van der Waals surface area contributed by atoms with Crippen LogP contribution in [0.5, 0.6) is 0 Å². The zero-order valence-electron chi connectivity index (χ0n) is 7.90. The van der Waals surface area contributed by atoms with Crippen LogP contribution in [0.25, 0.3) is 0 Å². The first kappa shape index (κ1) is 9.93. The normalized spacial score (nSPS) is 10.2. The number of Topliss-reactive ketones (excluding diaryl/α,β-unsaturated/α-hetero) is 1. The lowest BCUT2D eigenvalue weighted by Crippen LogP contribution is -2.01. The van der Waals surface area contributed by atoms with Crippen molar-refractivity contribution in [2.75, 3.05) is 0 Å². The summed E-state index contributed by atoms with van der Waals surface area (Å²) < 4.78 is 0. The number of benzene rings is 1. The van der Waals surface area contributed by atoms with Gasteiger partial charge in [0.2, 0.25) is 0 Å². The highest BCUT2D eigenvalue weighted by Gasteiger charge is 2.07. The molecule has 3 nitrogen and oxygen atoms in total. The van der Waals surface area contributed by atoms with Crippen LogP contribution in [0.1, 0.15) is 15.9 Å². The molecule has 76 valence electrons. The topological polar surface area (TPSA) is 45.8 Å². The Morgan fingerprint density at radius 1 is 1.33 bits per heavy atom. The third-order valence-corrected chi connectivity index (χ3v) is 2.35. The molecule has 0 radical (unpaired) electrons. The number of rotatable bonds is 3. The number of aromatic amines is 1. The molecule has 0 fully saturated rings. The van der Waals surface area contributed by atoms with Gasteiger partial charge < -0.3 is 0 Å². The lowest BCUT2D eigenvalue weighted by molar-refractivity contribution is 0.0993. The lowest BCUT2D eigenvalue weighted by atomic mass is 10.1. The maximum Gasteiger partial charge on any atom is 0.170 e. The molecule has 0 bridgehead atoms. The van der Waals surface area contributed by atoms with Crippen molar-refractivity contribution >= 4 is 17.4 Å². The number of nitrogens with zero attached hydrogens (tertiary/aromatic N) is 1. The molecule has 0 atom stereocenters. The van der Waals surface area contributed by atoms with E-state index in [4.69, 9.17) is 11.6 Å². The Balaban J connectivity index is 2.09. The zero-order valence-corrected chi connectivity index (χ0v) is 8.66. The number of hydrogen-bond acceptors (Lipinski definition) is 2. The Kier molecular flexibility index (Phi) is 2.83. The third-order valence-electron chi connectivity index (χ3n) is 2.10. The summed E-state index contributed by atoms with van der Waals surface area (Å²) in [4.78, 5) is 11.7. The predicted molar refractivity (Wildman–Crippen MR) is 58.1 cm³/mol. The number of carbonyl (C=O) groups is 1. The van der Waals surface area contributed by atoms with Gasteiger partial charge in [0.15, 0.2) is 5.78 Å². The third kappa shape index (κ3) is 2.44. The highest BCUT2D eigenvalue weighted by atomic mass is 35.5. The number of carbonyl (C=O) groups excluding carboxylic acids is 1. The summed E-state index contributed by atoms with van der Waals surface area (Å²) in [5.41, 5.74) is 1.55. The molecule has 1 N–H and O–H groups in total. The summed E-state index contributed by atoms with van der Waals surface area (Å²) in [5.74, 6) is 0.0473. The van der Waals surface area contributed by atoms with Crippen LogP contribution in [0.3, 0.4) is 0 Å². The molecule has 2 aromatic rings. The zero-order chi connectivity index (χ0) is 10.7. The van der Waals surface area contributed by atoms with E-state index in [0.717, 1.165) is 5.56 Å². The van der Waals surface area contributed by atoms with Crippen molar-refractivity contribution in [3.05, 3.63) is 52.8 Å². The van der Waals surface area contributed by atoms with Gasteiger partial charge in [-0.2, -0.15) is 5.10 Å². The average Bonchev–Trinajstić information content (AvgIpc) is 2.74. The predicted octanol–water partition coefficient (Wildman–Crippen LogP) is 2.49.